The van der Waals surface area contributed by atoms with Gasteiger partial charge in [0, 0.05) is 25.7 Å². The number of ether oxygens (including phenoxy) is 4. The third-order valence-electron chi connectivity index (χ3n) is 16.9. The molecule has 546 valence electrons. The number of hydrogen-bond acceptors (Lipinski definition) is 15. The zero-order chi connectivity index (χ0) is 68.0. The van der Waals surface area contributed by atoms with Gasteiger partial charge in [-0.15, -0.1) is 0 Å². The maximum Gasteiger partial charge on any atom is 0.472 e. The van der Waals surface area contributed by atoms with E-state index in [1.807, 2.05) is 0 Å². The molecule has 0 aromatic rings. The second-order valence-corrected chi connectivity index (χ2v) is 30.7. The molecule has 0 aliphatic heterocycles. The van der Waals surface area contributed by atoms with Gasteiger partial charge in [0.25, 0.3) is 0 Å². The third kappa shape index (κ3) is 66.7. The van der Waals surface area contributed by atoms with E-state index < -0.39 is 97.5 Å². The zero-order valence-electron chi connectivity index (χ0n) is 60.0. The summed E-state index contributed by atoms with van der Waals surface area (Å²) in [5, 5.41) is 10.6. The van der Waals surface area contributed by atoms with E-state index in [9.17, 15) is 43.2 Å². The van der Waals surface area contributed by atoms with Crippen LogP contribution in [0.15, 0.2) is 0 Å². The summed E-state index contributed by atoms with van der Waals surface area (Å²) >= 11 is 0. The summed E-state index contributed by atoms with van der Waals surface area (Å²) in [6, 6.07) is 0. The van der Waals surface area contributed by atoms with Gasteiger partial charge in [0.15, 0.2) is 12.2 Å². The molecule has 17 nitrogen and oxygen atoms in total. The number of rotatable bonds is 71. The topological polar surface area (TPSA) is 237 Å². The molecule has 0 amide bonds. The van der Waals surface area contributed by atoms with Crippen molar-refractivity contribution < 1.29 is 80.2 Å². The lowest BCUT2D eigenvalue weighted by Crippen LogP contribution is -2.30. The number of phosphoric acid groups is 2. The van der Waals surface area contributed by atoms with E-state index >= 15 is 0 Å². The van der Waals surface area contributed by atoms with Crippen LogP contribution in [0.2, 0.25) is 0 Å². The van der Waals surface area contributed by atoms with E-state index in [0.717, 1.165) is 108 Å². The summed E-state index contributed by atoms with van der Waals surface area (Å²) in [7, 11) is -9.90. The first-order valence-electron chi connectivity index (χ1n) is 37.8. The fraction of sp³-hybridized carbons (Fsp3) is 0.945. The molecule has 0 bridgehead atoms. The number of carbonyl (C=O) groups is 4. The predicted molar refractivity (Wildman–Crippen MR) is 372 cm³/mol. The number of aliphatic hydroxyl groups excluding tert-OH is 1. The number of unbranched alkanes of at least 4 members (excludes halogenated alkanes) is 39. The van der Waals surface area contributed by atoms with Gasteiger partial charge in [0.1, 0.15) is 19.3 Å². The van der Waals surface area contributed by atoms with Gasteiger partial charge < -0.3 is 33.8 Å². The lowest BCUT2D eigenvalue weighted by molar-refractivity contribution is -0.161. The maximum absolute atomic E-state index is 13.0. The summed E-state index contributed by atoms with van der Waals surface area (Å²) in [6.07, 6.45) is 48.7. The molecule has 0 heterocycles. The molecular formula is C73H142O17P2. The highest BCUT2D eigenvalue weighted by atomic mass is 31.2. The van der Waals surface area contributed by atoms with Crippen molar-refractivity contribution in [2.75, 3.05) is 39.6 Å². The van der Waals surface area contributed by atoms with Crippen LogP contribution < -0.4 is 0 Å². The van der Waals surface area contributed by atoms with Crippen LogP contribution in [-0.2, 0) is 65.4 Å². The van der Waals surface area contributed by atoms with E-state index in [0.29, 0.717) is 31.6 Å². The van der Waals surface area contributed by atoms with Gasteiger partial charge in [-0.05, 0) is 43.4 Å². The first-order chi connectivity index (χ1) is 44.2. The van der Waals surface area contributed by atoms with Crippen LogP contribution in [0.3, 0.4) is 0 Å². The van der Waals surface area contributed by atoms with Gasteiger partial charge in [-0.3, -0.25) is 37.3 Å². The molecule has 0 saturated heterocycles. The summed E-state index contributed by atoms with van der Waals surface area (Å²) < 4.78 is 68.4. The highest BCUT2D eigenvalue weighted by Crippen LogP contribution is 2.45. The Morgan fingerprint density at radius 2 is 0.500 bits per heavy atom. The van der Waals surface area contributed by atoms with Gasteiger partial charge in [0.05, 0.1) is 26.4 Å². The Bertz CT molecular complexity index is 1800. The van der Waals surface area contributed by atoms with Crippen LogP contribution in [0.5, 0.6) is 0 Å². The lowest BCUT2D eigenvalue weighted by Gasteiger charge is -2.21. The van der Waals surface area contributed by atoms with E-state index in [2.05, 4.69) is 48.5 Å². The van der Waals surface area contributed by atoms with Crippen molar-refractivity contribution in [1.29, 1.82) is 0 Å². The summed E-state index contributed by atoms with van der Waals surface area (Å²) in [6.45, 7) is 11.8. The highest BCUT2D eigenvalue weighted by Gasteiger charge is 2.30. The zero-order valence-corrected chi connectivity index (χ0v) is 61.8. The van der Waals surface area contributed by atoms with Gasteiger partial charge in [0.2, 0.25) is 0 Å². The fourth-order valence-electron chi connectivity index (χ4n) is 11.1. The van der Waals surface area contributed by atoms with Crippen molar-refractivity contribution in [3.8, 4) is 0 Å². The van der Waals surface area contributed by atoms with Crippen LogP contribution in [0.25, 0.3) is 0 Å². The maximum atomic E-state index is 13.0. The van der Waals surface area contributed by atoms with E-state index in [-0.39, 0.29) is 25.7 Å². The van der Waals surface area contributed by atoms with Crippen molar-refractivity contribution >= 4 is 39.5 Å². The summed E-state index contributed by atoms with van der Waals surface area (Å²) in [5.74, 6) is 0.136. The number of esters is 4. The molecule has 0 fully saturated rings. The highest BCUT2D eigenvalue weighted by molar-refractivity contribution is 7.47. The molecule has 0 aromatic heterocycles. The number of aliphatic hydroxyl groups is 1. The average Bonchev–Trinajstić information content (AvgIpc) is 3.73. The lowest BCUT2D eigenvalue weighted by atomic mass is 10.0. The second-order valence-electron chi connectivity index (χ2n) is 27.8. The average molecular weight is 1350 g/mol. The molecule has 0 aliphatic carbocycles. The van der Waals surface area contributed by atoms with Crippen LogP contribution >= 0.6 is 15.6 Å². The van der Waals surface area contributed by atoms with E-state index in [4.69, 9.17) is 37.0 Å². The predicted octanol–water partition coefficient (Wildman–Crippen LogP) is 21.0. The normalized spacial score (nSPS) is 14.1. The molecule has 0 spiro atoms. The van der Waals surface area contributed by atoms with Crippen LogP contribution in [0.1, 0.15) is 370 Å². The van der Waals surface area contributed by atoms with Gasteiger partial charge >= 0.3 is 39.5 Å². The molecule has 0 radical (unpaired) electrons. The van der Waals surface area contributed by atoms with Gasteiger partial charge in [-0.25, -0.2) is 9.13 Å². The molecule has 0 aromatic carbocycles. The number of phosphoric ester groups is 2. The molecule has 2 unspecified atom stereocenters. The molecule has 0 rings (SSSR count). The smallest absolute Gasteiger partial charge is 0.462 e. The molecule has 0 saturated carbocycles. The Balaban J connectivity index is 5.21. The minimum absolute atomic E-state index is 0.106. The second kappa shape index (κ2) is 63.8. The van der Waals surface area contributed by atoms with Crippen molar-refractivity contribution in [1.82, 2.24) is 0 Å². The van der Waals surface area contributed by atoms with E-state index in [1.165, 1.54) is 173 Å². The minimum atomic E-state index is -4.95. The summed E-state index contributed by atoms with van der Waals surface area (Å²) in [4.78, 5) is 72.6. The SMILES string of the molecule is CCCCCCCCCCCCCC(=O)O[C@H](COC(=O)CCCCCCCCCC(C)C)COP(=O)(O)OC[C@H](O)COP(=O)(O)OC[C@@H](COC(=O)CCCCCCCCCCCC(C)C)OC(=O)CCCCCCCCCCCCCCCCCCC(C)C. The molecule has 19 heteroatoms. The van der Waals surface area contributed by atoms with Gasteiger partial charge in [-0.2, -0.15) is 0 Å². The molecule has 3 N–H and O–H groups in total. The van der Waals surface area contributed by atoms with Crippen molar-refractivity contribution in [2.24, 2.45) is 17.8 Å². The van der Waals surface area contributed by atoms with Crippen LogP contribution in [0.4, 0.5) is 0 Å². The van der Waals surface area contributed by atoms with Crippen molar-refractivity contribution in [3.63, 3.8) is 0 Å². The molecule has 5 atom stereocenters. The number of hydrogen-bond donors (Lipinski definition) is 3. The molecule has 0 aliphatic rings. The Hall–Kier alpha value is -1.94. The largest absolute Gasteiger partial charge is 0.472 e. The monoisotopic (exact) mass is 1350 g/mol. The first-order valence-corrected chi connectivity index (χ1v) is 40.8. The van der Waals surface area contributed by atoms with E-state index in [1.54, 1.807) is 0 Å². The van der Waals surface area contributed by atoms with Crippen LogP contribution in [-0.4, -0.2) is 96.7 Å². The van der Waals surface area contributed by atoms with Crippen molar-refractivity contribution in [2.45, 2.75) is 388 Å². The first kappa shape index (κ1) is 90.1. The fourth-order valence-corrected chi connectivity index (χ4v) is 12.7. The quantitative estimate of drug-likeness (QED) is 0.0222. The standard InChI is InChI=1S/C73H142O17P2/c1-8-9-10-11-12-13-20-26-34-42-49-56-72(77)90-69(61-84-71(76)55-48-41-36-29-32-39-46-53-66(6)7)63-88-92(81,82)86-59-67(74)58-85-91(79,80)87-62-68(60-83-70(75)54-47-40-33-28-23-25-31-38-45-52-65(4)5)89-73(78)57-50-43-35-27-22-19-17-15-14-16-18-21-24-30-37-44-51-64(2)3/h64-69,74H,8-63H2,1-7H3,(H,79,80)(H,81,82)/t67-,68-,69-/m1/s1. The van der Waals surface area contributed by atoms with Crippen molar-refractivity contribution in [3.05, 3.63) is 0 Å². The minimum Gasteiger partial charge on any atom is -0.462 e. The Kier molecular flexibility index (Phi) is 62.4. The summed E-state index contributed by atoms with van der Waals surface area (Å²) in [5.41, 5.74) is 0. The Labute approximate surface area is 562 Å². The Morgan fingerprint density at radius 3 is 0.739 bits per heavy atom. The van der Waals surface area contributed by atoms with Crippen LogP contribution in [0, 0.1) is 17.8 Å². The third-order valence-corrected chi connectivity index (χ3v) is 18.8. The molecular weight excluding hydrogens is 1210 g/mol. The molecule has 92 heavy (non-hydrogen) atoms. The van der Waals surface area contributed by atoms with Gasteiger partial charge in [-0.1, -0.05) is 318 Å². The Morgan fingerprint density at radius 1 is 0.293 bits per heavy atom. The number of carbonyl (C=O) groups excluding carboxylic acids is 4.